The minimum Gasteiger partial charge on any atom is -0.311 e. The number of nitrogens with zero attached hydrogens (tertiary/aromatic N) is 2. The van der Waals surface area contributed by atoms with Crippen LogP contribution < -0.4 is 0 Å². The molecule has 2 aromatic carbocycles. The van der Waals surface area contributed by atoms with E-state index in [2.05, 4.69) is 101 Å². The maximum absolute atomic E-state index is 5.59. The van der Waals surface area contributed by atoms with Gasteiger partial charge in [-0.05, 0) is 34.1 Å². The van der Waals surface area contributed by atoms with Crippen LogP contribution in [0.3, 0.4) is 0 Å². The molecule has 4 rings (SSSR count). The number of rotatable bonds is 2. The molecule has 0 unspecified atom stereocenters. The molecule has 2 heterocycles. The van der Waals surface area contributed by atoms with Crippen molar-refractivity contribution in [1.29, 1.82) is 0 Å². The molecular formula is C26H28N2S2. The van der Waals surface area contributed by atoms with Gasteiger partial charge < -0.3 is 4.57 Å². The molecule has 0 radical (unpaired) electrons. The van der Waals surface area contributed by atoms with Crippen molar-refractivity contribution in [2.45, 2.75) is 57.4 Å². The van der Waals surface area contributed by atoms with Crippen molar-refractivity contribution in [1.82, 2.24) is 4.57 Å². The fourth-order valence-corrected chi connectivity index (χ4v) is 4.41. The Bertz CT molecular complexity index is 1150. The Kier molecular flexibility index (Phi) is 5.06. The number of hydrogen-bond acceptors (Lipinski definition) is 2. The third-order valence-corrected chi connectivity index (χ3v) is 6.45. The molecule has 0 saturated carbocycles. The molecule has 0 atom stereocenters. The number of aliphatic imine (C=N–C) groups is 1. The number of fused-ring (bicyclic) bond motifs is 1. The van der Waals surface area contributed by atoms with Gasteiger partial charge >= 0.3 is 0 Å². The van der Waals surface area contributed by atoms with Gasteiger partial charge in [-0.25, -0.2) is 4.99 Å². The van der Waals surface area contributed by atoms with Crippen molar-refractivity contribution in [3.8, 4) is 5.69 Å². The molecule has 0 fully saturated rings. The molecule has 2 nitrogen and oxygen atoms in total. The van der Waals surface area contributed by atoms with Crippen molar-refractivity contribution in [2.24, 2.45) is 4.99 Å². The first-order chi connectivity index (χ1) is 14.0. The maximum Gasteiger partial charge on any atom is 0.136 e. The molecule has 0 saturated heterocycles. The first kappa shape index (κ1) is 21.1. The van der Waals surface area contributed by atoms with E-state index >= 15 is 0 Å². The SMILES string of the molecule is CC(C)(C)c1ccc(C2=NC(=S)c3cn(-c4ccc(C(C)(C)C)cc4)c(S)c32)cc1. The summed E-state index contributed by atoms with van der Waals surface area (Å²) in [6.07, 6.45) is 2.06. The second kappa shape index (κ2) is 7.21. The van der Waals surface area contributed by atoms with Crippen LogP contribution in [0.15, 0.2) is 64.7 Å². The van der Waals surface area contributed by atoms with E-state index in [1.807, 2.05) is 0 Å². The van der Waals surface area contributed by atoms with Gasteiger partial charge in [0.25, 0.3) is 0 Å². The Balaban J connectivity index is 1.74. The van der Waals surface area contributed by atoms with Crippen molar-refractivity contribution in [3.63, 3.8) is 0 Å². The minimum atomic E-state index is 0.119. The first-order valence-corrected chi connectivity index (χ1v) is 11.1. The van der Waals surface area contributed by atoms with Crippen LogP contribution in [0.1, 0.15) is 69.4 Å². The highest BCUT2D eigenvalue weighted by atomic mass is 32.1. The third-order valence-electron chi connectivity index (χ3n) is 5.70. The smallest absolute Gasteiger partial charge is 0.136 e. The van der Waals surface area contributed by atoms with Gasteiger partial charge in [-0.15, -0.1) is 12.6 Å². The number of thiol groups is 1. The van der Waals surface area contributed by atoms with Gasteiger partial charge in [0.1, 0.15) is 4.99 Å². The monoisotopic (exact) mass is 432 g/mol. The fourth-order valence-electron chi connectivity index (χ4n) is 3.76. The zero-order valence-corrected chi connectivity index (χ0v) is 20.2. The van der Waals surface area contributed by atoms with E-state index in [9.17, 15) is 0 Å². The van der Waals surface area contributed by atoms with Gasteiger partial charge in [-0.3, -0.25) is 0 Å². The maximum atomic E-state index is 5.59. The van der Waals surface area contributed by atoms with Crippen LogP contribution in [0.25, 0.3) is 5.69 Å². The largest absolute Gasteiger partial charge is 0.311 e. The van der Waals surface area contributed by atoms with E-state index in [1.54, 1.807) is 0 Å². The van der Waals surface area contributed by atoms with Gasteiger partial charge in [0.15, 0.2) is 0 Å². The summed E-state index contributed by atoms with van der Waals surface area (Å²) in [5.41, 5.74) is 7.91. The molecule has 0 aliphatic carbocycles. The second-order valence-corrected chi connectivity index (χ2v) is 10.8. The summed E-state index contributed by atoms with van der Waals surface area (Å²) in [6, 6.07) is 17.3. The normalized spacial score (nSPS) is 14.1. The zero-order valence-electron chi connectivity index (χ0n) is 18.4. The van der Waals surface area contributed by atoms with Gasteiger partial charge in [0.05, 0.1) is 10.7 Å². The number of thiocarbonyl (C=S) groups is 1. The van der Waals surface area contributed by atoms with Crippen LogP contribution in [0.4, 0.5) is 0 Å². The van der Waals surface area contributed by atoms with Gasteiger partial charge in [0.2, 0.25) is 0 Å². The lowest BCUT2D eigenvalue weighted by molar-refractivity contribution is 0.590. The lowest BCUT2D eigenvalue weighted by atomic mass is 9.86. The van der Waals surface area contributed by atoms with E-state index in [1.165, 1.54) is 11.1 Å². The van der Waals surface area contributed by atoms with Crippen LogP contribution in [0.2, 0.25) is 0 Å². The molecule has 0 spiro atoms. The third kappa shape index (κ3) is 3.67. The van der Waals surface area contributed by atoms with E-state index < -0.39 is 0 Å². The van der Waals surface area contributed by atoms with Gasteiger partial charge in [-0.1, -0.05) is 90.2 Å². The lowest BCUT2D eigenvalue weighted by Gasteiger charge is -2.19. The summed E-state index contributed by atoms with van der Waals surface area (Å²) < 4.78 is 2.10. The van der Waals surface area contributed by atoms with Crippen molar-refractivity contribution in [3.05, 3.63) is 82.5 Å². The Labute approximate surface area is 190 Å². The van der Waals surface area contributed by atoms with E-state index in [4.69, 9.17) is 29.8 Å². The predicted molar refractivity (Wildman–Crippen MR) is 134 cm³/mol. The van der Waals surface area contributed by atoms with Gasteiger partial charge in [0, 0.05) is 28.6 Å². The number of benzene rings is 2. The highest BCUT2D eigenvalue weighted by molar-refractivity contribution is 7.81. The molecule has 1 aromatic heterocycles. The molecule has 154 valence electrons. The summed E-state index contributed by atoms with van der Waals surface area (Å²) >= 11 is 10.5. The quantitative estimate of drug-likeness (QED) is 0.345. The highest BCUT2D eigenvalue weighted by Gasteiger charge is 2.28. The topological polar surface area (TPSA) is 17.3 Å². The molecular weight excluding hydrogens is 404 g/mol. The Hall–Kier alpha value is -2.17. The minimum absolute atomic E-state index is 0.119. The summed E-state index contributed by atoms with van der Waals surface area (Å²) in [6.45, 7) is 13.3. The molecule has 0 amide bonds. The molecule has 3 aromatic rings. The van der Waals surface area contributed by atoms with Crippen LogP contribution in [-0.2, 0) is 10.8 Å². The zero-order chi connectivity index (χ0) is 21.8. The first-order valence-electron chi connectivity index (χ1n) is 10.3. The summed E-state index contributed by atoms with van der Waals surface area (Å²) in [5.74, 6) is 0. The van der Waals surface area contributed by atoms with Crippen molar-refractivity contribution >= 4 is 35.5 Å². The molecule has 0 bridgehead atoms. The lowest BCUT2D eigenvalue weighted by Crippen LogP contribution is -2.11. The van der Waals surface area contributed by atoms with Crippen LogP contribution >= 0.6 is 24.8 Å². The summed E-state index contributed by atoms with van der Waals surface area (Å²) in [4.78, 5) is 5.33. The van der Waals surface area contributed by atoms with Crippen LogP contribution in [0, 0.1) is 0 Å². The molecule has 1 aliphatic rings. The Morgan fingerprint density at radius 2 is 1.30 bits per heavy atom. The number of aromatic nitrogens is 1. The van der Waals surface area contributed by atoms with E-state index in [0.29, 0.717) is 4.99 Å². The van der Waals surface area contributed by atoms with E-state index in [0.717, 1.165) is 33.1 Å². The summed E-state index contributed by atoms with van der Waals surface area (Å²) in [7, 11) is 0. The second-order valence-electron chi connectivity index (χ2n) is 10.0. The summed E-state index contributed by atoms with van der Waals surface area (Å²) in [5, 5.41) is 0.868. The highest BCUT2D eigenvalue weighted by Crippen LogP contribution is 2.34. The Morgan fingerprint density at radius 1 is 0.800 bits per heavy atom. The molecule has 30 heavy (non-hydrogen) atoms. The average molecular weight is 433 g/mol. The van der Waals surface area contributed by atoms with Gasteiger partial charge in [-0.2, -0.15) is 0 Å². The predicted octanol–water partition coefficient (Wildman–Crippen LogP) is 6.89. The van der Waals surface area contributed by atoms with Crippen molar-refractivity contribution < 1.29 is 0 Å². The van der Waals surface area contributed by atoms with Crippen molar-refractivity contribution in [2.75, 3.05) is 0 Å². The van der Waals surface area contributed by atoms with Crippen LogP contribution in [-0.4, -0.2) is 15.3 Å². The van der Waals surface area contributed by atoms with Crippen LogP contribution in [0.5, 0.6) is 0 Å². The fraction of sp³-hybridized carbons (Fsp3) is 0.308. The molecule has 0 N–H and O–H groups in total. The van der Waals surface area contributed by atoms with E-state index in [-0.39, 0.29) is 10.8 Å². The average Bonchev–Trinajstić information content (AvgIpc) is 3.18. The Morgan fingerprint density at radius 3 is 1.80 bits per heavy atom. The molecule has 1 aliphatic heterocycles. The standard InChI is InChI=1S/C26H28N2S2/c1-25(2,3)17-9-7-16(8-10-17)22-21-20(23(29)27-22)15-28(24(21)30)19-13-11-18(12-14-19)26(4,5)6/h7-15,30H,1-6H3. The molecule has 4 heteroatoms. The number of hydrogen-bond donors (Lipinski definition) is 1.